The lowest BCUT2D eigenvalue weighted by Gasteiger charge is -2.16. The maximum absolute atomic E-state index is 13.7. The Bertz CT molecular complexity index is 1200. The second-order valence-corrected chi connectivity index (χ2v) is 7.15. The molecule has 6 heteroatoms. The minimum Gasteiger partial charge on any atom is -0.350 e. The van der Waals surface area contributed by atoms with Crippen LogP contribution in [0.25, 0.3) is 5.57 Å². The summed E-state index contributed by atoms with van der Waals surface area (Å²) in [6.07, 6.45) is 0. The highest BCUT2D eigenvalue weighted by molar-refractivity contribution is 6.46. The van der Waals surface area contributed by atoms with Gasteiger partial charge in [0.15, 0.2) is 11.6 Å². The lowest BCUT2D eigenvalue weighted by molar-refractivity contribution is -0.120. The Balaban J connectivity index is 1.83. The van der Waals surface area contributed by atoms with Gasteiger partial charge in [0.25, 0.3) is 11.8 Å². The standard InChI is InChI=1S/C24H18F2N2O2/c1-14-6-8-16(9-7-14)21-22(27-17-10-11-19(25)20(26)13-17)24(30)28(23(21)29)18-5-3-4-15(2)12-18/h3-13,27H,1-2H3. The lowest BCUT2D eigenvalue weighted by Crippen LogP contribution is -2.32. The molecule has 150 valence electrons. The molecule has 4 nitrogen and oxygen atoms in total. The molecule has 0 saturated heterocycles. The number of benzene rings is 3. The van der Waals surface area contributed by atoms with Crippen molar-refractivity contribution in [2.45, 2.75) is 13.8 Å². The monoisotopic (exact) mass is 404 g/mol. The highest BCUT2D eigenvalue weighted by Gasteiger charge is 2.40. The van der Waals surface area contributed by atoms with Crippen molar-refractivity contribution in [2.24, 2.45) is 0 Å². The zero-order valence-electron chi connectivity index (χ0n) is 16.4. The van der Waals surface area contributed by atoms with Crippen molar-refractivity contribution in [3.8, 4) is 0 Å². The van der Waals surface area contributed by atoms with Gasteiger partial charge in [-0.25, -0.2) is 13.7 Å². The third-order valence-electron chi connectivity index (χ3n) is 4.87. The van der Waals surface area contributed by atoms with Crippen LogP contribution < -0.4 is 10.2 Å². The number of carbonyl (C=O) groups is 2. The molecule has 0 aliphatic carbocycles. The van der Waals surface area contributed by atoms with Crippen LogP contribution in [-0.4, -0.2) is 11.8 Å². The van der Waals surface area contributed by atoms with Gasteiger partial charge in [-0.1, -0.05) is 42.0 Å². The number of carbonyl (C=O) groups excluding carboxylic acids is 2. The number of amides is 2. The van der Waals surface area contributed by atoms with Gasteiger partial charge < -0.3 is 5.32 Å². The molecule has 0 spiro atoms. The third kappa shape index (κ3) is 3.48. The van der Waals surface area contributed by atoms with E-state index in [0.717, 1.165) is 28.2 Å². The smallest absolute Gasteiger partial charge is 0.282 e. The number of hydrogen-bond donors (Lipinski definition) is 1. The fraction of sp³-hybridized carbons (Fsp3) is 0.0833. The van der Waals surface area contributed by atoms with Gasteiger partial charge in [0.2, 0.25) is 0 Å². The number of nitrogens with zero attached hydrogens (tertiary/aromatic N) is 1. The lowest BCUT2D eigenvalue weighted by atomic mass is 10.0. The molecule has 30 heavy (non-hydrogen) atoms. The van der Waals surface area contributed by atoms with Crippen molar-refractivity contribution >= 4 is 28.8 Å². The molecular formula is C24H18F2N2O2. The normalized spacial score (nSPS) is 13.9. The number of anilines is 2. The average Bonchev–Trinajstić information content (AvgIpc) is 2.95. The van der Waals surface area contributed by atoms with E-state index >= 15 is 0 Å². The zero-order valence-corrected chi connectivity index (χ0v) is 16.4. The van der Waals surface area contributed by atoms with Gasteiger partial charge in [0, 0.05) is 11.8 Å². The Morgan fingerprint density at radius 3 is 2.17 bits per heavy atom. The molecule has 0 fully saturated rings. The summed E-state index contributed by atoms with van der Waals surface area (Å²) in [5, 5.41) is 2.83. The quantitative estimate of drug-likeness (QED) is 0.624. The van der Waals surface area contributed by atoms with E-state index in [1.165, 1.54) is 6.07 Å². The Labute approximate surface area is 172 Å². The van der Waals surface area contributed by atoms with E-state index in [0.29, 0.717) is 11.3 Å². The van der Waals surface area contributed by atoms with Crippen LogP contribution in [0.15, 0.2) is 72.4 Å². The van der Waals surface area contributed by atoms with Crippen molar-refractivity contribution in [3.05, 3.63) is 101 Å². The molecule has 1 aliphatic heterocycles. The van der Waals surface area contributed by atoms with Crippen LogP contribution in [0.3, 0.4) is 0 Å². The molecule has 0 atom stereocenters. The van der Waals surface area contributed by atoms with Gasteiger partial charge in [-0.2, -0.15) is 0 Å². The summed E-state index contributed by atoms with van der Waals surface area (Å²) in [5.74, 6) is -3.10. The molecule has 4 rings (SSSR count). The SMILES string of the molecule is Cc1ccc(C2=C(Nc3ccc(F)c(F)c3)C(=O)N(c3cccc(C)c3)C2=O)cc1. The summed E-state index contributed by atoms with van der Waals surface area (Å²) in [6.45, 7) is 3.78. The van der Waals surface area contributed by atoms with E-state index in [9.17, 15) is 18.4 Å². The van der Waals surface area contributed by atoms with Crippen molar-refractivity contribution in [3.63, 3.8) is 0 Å². The van der Waals surface area contributed by atoms with Crippen molar-refractivity contribution in [2.75, 3.05) is 10.2 Å². The summed E-state index contributed by atoms with van der Waals surface area (Å²) in [7, 11) is 0. The Hall–Kier alpha value is -3.80. The number of hydrogen-bond acceptors (Lipinski definition) is 3. The van der Waals surface area contributed by atoms with E-state index in [1.807, 2.05) is 32.0 Å². The minimum absolute atomic E-state index is 0.0105. The summed E-state index contributed by atoms with van der Waals surface area (Å²) < 4.78 is 27.0. The second kappa shape index (κ2) is 7.55. The first kappa shape index (κ1) is 19.5. The predicted molar refractivity (Wildman–Crippen MR) is 112 cm³/mol. The van der Waals surface area contributed by atoms with Gasteiger partial charge in [0.05, 0.1) is 11.3 Å². The molecule has 3 aromatic carbocycles. The number of halogens is 2. The zero-order chi connectivity index (χ0) is 21.4. The molecule has 0 bridgehead atoms. The number of aryl methyl sites for hydroxylation is 2. The van der Waals surface area contributed by atoms with Crippen molar-refractivity contribution in [1.29, 1.82) is 0 Å². The first-order chi connectivity index (χ1) is 14.3. The fourth-order valence-electron chi connectivity index (χ4n) is 3.35. The number of nitrogens with one attached hydrogen (secondary N) is 1. The van der Waals surface area contributed by atoms with E-state index in [4.69, 9.17) is 0 Å². The van der Waals surface area contributed by atoms with Crippen molar-refractivity contribution in [1.82, 2.24) is 0 Å². The van der Waals surface area contributed by atoms with E-state index < -0.39 is 23.4 Å². The van der Waals surface area contributed by atoms with Crippen LogP contribution in [0.2, 0.25) is 0 Å². The van der Waals surface area contributed by atoms with Crippen LogP contribution in [0.4, 0.5) is 20.2 Å². The third-order valence-corrected chi connectivity index (χ3v) is 4.87. The number of rotatable bonds is 4. The van der Waals surface area contributed by atoms with Gasteiger partial charge in [-0.05, 0) is 49.2 Å². The summed E-state index contributed by atoms with van der Waals surface area (Å²) in [4.78, 5) is 27.6. The van der Waals surface area contributed by atoms with E-state index in [1.54, 1.807) is 30.3 Å². The van der Waals surface area contributed by atoms with Crippen LogP contribution in [0.1, 0.15) is 16.7 Å². The van der Waals surface area contributed by atoms with Gasteiger partial charge >= 0.3 is 0 Å². The molecule has 0 saturated carbocycles. The molecular weight excluding hydrogens is 386 g/mol. The summed E-state index contributed by atoms with van der Waals surface area (Å²) in [6, 6.07) is 17.4. The van der Waals surface area contributed by atoms with E-state index in [-0.39, 0.29) is 17.0 Å². The molecule has 1 N–H and O–H groups in total. The molecule has 0 aromatic heterocycles. The first-order valence-electron chi connectivity index (χ1n) is 9.34. The molecule has 1 aliphatic rings. The average molecular weight is 404 g/mol. The molecule has 0 unspecified atom stereocenters. The van der Waals surface area contributed by atoms with Crippen LogP contribution in [-0.2, 0) is 9.59 Å². The highest BCUT2D eigenvalue weighted by Crippen LogP contribution is 2.34. The fourth-order valence-corrected chi connectivity index (χ4v) is 3.35. The second-order valence-electron chi connectivity index (χ2n) is 7.15. The minimum atomic E-state index is -1.05. The van der Waals surface area contributed by atoms with Gasteiger partial charge in [0.1, 0.15) is 5.70 Å². The molecule has 3 aromatic rings. The maximum atomic E-state index is 13.7. The van der Waals surface area contributed by atoms with Crippen LogP contribution in [0.5, 0.6) is 0 Å². The summed E-state index contributed by atoms with van der Waals surface area (Å²) in [5.41, 5.74) is 3.24. The topological polar surface area (TPSA) is 49.4 Å². The Morgan fingerprint density at radius 2 is 1.50 bits per heavy atom. The number of imide groups is 1. The Kier molecular flexibility index (Phi) is 4.91. The first-order valence-corrected chi connectivity index (χ1v) is 9.34. The van der Waals surface area contributed by atoms with Crippen LogP contribution >= 0.6 is 0 Å². The molecule has 1 heterocycles. The molecule has 2 amide bonds. The van der Waals surface area contributed by atoms with Gasteiger partial charge in [-0.15, -0.1) is 0 Å². The Morgan fingerprint density at radius 1 is 0.767 bits per heavy atom. The largest absolute Gasteiger partial charge is 0.350 e. The van der Waals surface area contributed by atoms with E-state index in [2.05, 4.69) is 5.32 Å². The van der Waals surface area contributed by atoms with Gasteiger partial charge in [-0.3, -0.25) is 9.59 Å². The van der Waals surface area contributed by atoms with Crippen molar-refractivity contribution < 1.29 is 18.4 Å². The van der Waals surface area contributed by atoms with Crippen LogP contribution in [0, 0.1) is 25.5 Å². The summed E-state index contributed by atoms with van der Waals surface area (Å²) >= 11 is 0. The highest BCUT2D eigenvalue weighted by atomic mass is 19.2. The predicted octanol–water partition coefficient (Wildman–Crippen LogP) is 4.98. The molecule has 0 radical (unpaired) electrons. The maximum Gasteiger partial charge on any atom is 0.282 e.